The molecule has 0 radical (unpaired) electrons. The molecule has 3 aromatic rings. The molecule has 130 valence electrons. The predicted molar refractivity (Wildman–Crippen MR) is 97.3 cm³/mol. The van der Waals surface area contributed by atoms with Crippen LogP contribution in [-0.2, 0) is 16.4 Å². The summed E-state index contributed by atoms with van der Waals surface area (Å²) in [6, 6.07) is 14.3. The fraction of sp³-hybridized carbons (Fsp3) is 0.263. The van der Waals surface area contributed by atoms with E-state index in [4.69, 9.17) is 4.74 Å². The van der Waals surface area contributed by atoms with Crippen molar-refractivity contribution in [3.05, 3.63) is 59.8 Å². The Morgan fingerprint density at radius 1 is 1.16 bits per heavy atom. The van der Waals surface area contributed by atoms with Crippen LogP contribution >= 0.6 is 0 Å². The smallest absolute Gasteiger partial charge is 0.243 e. The van der Waals surface area contributed by atoms with Crippen LogP contribution in [0.2, 0.25) is 0 Å². The minimum atomic E-state index is -3.52. The Labute approximate surface area is 147 Å². The van der Waals surface area contributed by atoms with Gasteiger partial charge < -0.3 is 9.72 Å². The minimum Gasteiger partial charge on any atom is -0.497 e. The number of rotatable bonds is 3. The molecule has 1 aliphatic rings. The molecule has 1 unspecified atom stereocenters. The predicted octanol–water partition coefficient (Wildman–Crippen LogP) is 3.48. The molecule has 1 aliphatic heterocycles. The first kappa shape index (κ1) is 16.2. The lowest BCUT2D eigenvalue weighted by atomic mass is 10.0. The Kier molecular flexibility index (Phi) is 3.81. The van der Waals surface area contributed by atoms with Crippen LogP contribution in [0.3, 0.4) is 0 Å². The van der Waals surface area contributed by atoms with E-state index < -0.39 is 10.0 Å². The summed E-state index contributed by atoms with van der Waals surface area (Å²) in [4.78, 5) is 3.74. The number of methoxy groups -OCH3 is 1. The van der Waals surface area contributed by atoms with E-state index in [-0.39, 0.29) is 6.04 Å². The normalized spacial score (nSPS) is 18.2. The van der Waals surface area contributed by atoms with Crippen molar-refractivity contribution in [3.8, 4) is 5.75 Å². The minimum absolute atomic E-state index is 0.243. The molecule has 6 heteroatoms. The fourth-order valence-electron chi connectivity index (χ4n) is 3.62. The van der Waals surface area contributed by atoms with Gasteiger partial charge in [-0.3, -0.25) is 0 Å². The highest BCUT2D eigenvalue weighted by molar-refractivity contribution is 7.89. The van der Waals surface area contributed by atoms with E-state index in [0.29, 0.717) is 17.9 Å². The molecule has 2 heterocycles. The molecule has 25 heavy (non-hydrogen) atoms. The third-order valence-corrected chi connectivity index (χ3v) is 6.91. The van der Waals surface area contributed by atoms with Crippen molar-refractivity contribution in [2.45, 2.75) is 24.3 Å². The number of H-pyrrole nitrogens is 1. The second kappa shape index (κ2) is 5.89. The summed E-state index contributed by atoms with van der Waals surface area (Å²) in [5.41, 5.74) is 3.15. The van der Waals surface area contributed by atoms with Crippen molar-refractivity contribution in [1.29, 1.82) is 0 Å². The zero-order chi connectivity index (χ0) is 17.6. The van der Waals surface area contributed by atoms with E-state index in [1.165, 1.54) is 5.56 Å². The quantitative estimate of drug-likeness (QED) is 0.781. The Bertz CT molecular complexity index is 1030. The molecule has 0 amide bonds. The zero-order valence-corrected chi connectivity index (χ0v) is 15.0. The van der Waals surface area contributed by atoms with Crippen molar-refractivity contribution >= 4 is 20.9 Å². The maximum Gasteiger partial charge on any atom is 0.243 e. The van der Waals surface area contributed by atoms with Gasteiger partial charge >= 0.3 is 0 Å². The van der Waals surface area contributed by atoms with Gasteiger partial charge in [0.1, 0.15) is 5.75 Å². The van der Waals surface area contributed by atoms with Gasteiger partial charge in [0.25, 0.3) is 0 Å². The highest BCUT2D eigenvalue weighted by Gasteiger charge is 2.35. The molecular formula is C19H20N2O3S. The first-order chi connectivity index (χ1) is 12.0. The van der Waals surface area contributed by atoms with Crippen LogP contribution in [0, 0.1) is 0 Å². The summed E-state index contributed by atoms with van der Waals surface area (Å²) in [5.74, 6) is 0.785. The third-order valence-electron chi connectivity index (χ3n) is 4.93. The van der Waals surface area contributed by atoms with Crippen LogP contribution in [0.25, 0.3) is 10.9 Å². The van der Waals surface area contributed by atoms with Gasteiger partial charge in [-0.1, -0.05) is 18.2 Å². The lowest BCUT2D eigenvalue weighted by molar-refractivity contribution is 0.322. The number of nitrogens with zero attached hydrogens (tertiary/aromatic N) is 1. The van der Waals surface area contributed by atoms with E-state index in [2.05, 4.69) is 4.98 Å². The number of benzene rings is 2. The highest BCUT2D eigenvalue weighted by atomic mass is 32.2. The number of hydrogen-bond acceptors (Lipinski definition) is 3. The lowest BCUT2D eigenvalue weighted by Crippen LogP contribution is -2.38. The van der Waals surface area contributed by atoms with E-state index in [0.717, 1.165) is 22.3 Å². The Balaban J connectivity index is 1.78. The summed E-state index contributed by atoms with van der Waals surface area (Å²) in [5, 5.41) is 1.14. The van der Waals surface area contributed by atoms with Crippen molar-refractivity contribution in [2.24, 2.45) is 0 Å². The largest absolute Gasteiger partial charge is 0.497 e. The van der Waals surface area contributed by atoms with Crippen LogP contribution in [0.5, 0.6) is 5.75 Å². The maximum absolute atomic E-state index is 13.0. The first-order valence-corrected chi connectivity index (χ1v) is 9.72. The number of aromatic amines is 1. The molecule has 0 aliphatic carbocycles. The second-order valence-electron chi connectivity index (χ2n) is 6.28. The summed E-state index contributed by atoms with van der Waals surface area (Å²) in [6.45, 7) is 2.41. The molecule has 2 aromatic carbocycles. The average Bonchev–Trinajstić information content (AvgIpc) is 3.01. The van der Waals surface area contributed by atoms with Crippen LogP contribution < -0.4 is 4.74 Å². The maximum atomic E-state index is 13.0. The Morgan fingerprint density at radius 3 is 2.64 bits per heavy atom. The van der Waals surface area contributed by atoms with Gasteiger partial charge in [-0.15, -0.1) is 0 Å². The zero-order valence-electron chi connectivity index (χ0n) is 14.2. The van der Waals surface area contributed by atoms with E-state index in [1.54, 1.807) is 35.7 Å². The first-order valence-electron chi connectivity index (χ1n) is 8.28. The summed E-state index contributed by atoms with van der Waals surface area (Å²) in [7, 11) is -1.88. The standard InChI is InChI=1S/C19H20N2O3S/c1-13-19-17(16-9-8-14(24-2)12-18(16)20-19)10-11-21(13)25(22,23)15-6-4-3-5-7-15/h3-9,12-13,20H,10-11H2,1-2H3. The van der Waals surface area contributed by atoms with Crippen LogP contribution in [0.1, 0.15) is 24.2 Å². The van der Waals surface area contributed by atoms with Crippen LogP contribution in [0.15, 0.2) is 53.4 Å². The van der Waals surface area contributed by atoms with Crippen molar-refractivity contribution in [2.75, 3.05) is 13.7 Å². The SMILES string of the molecule is COc1ccc2c3c([nH]c2c1)C(C)N(S(=O)(=O)c1ccccc1)CC3. The number of sulfonamides is 1. The second-order valence-corrected chi connectivity index (χ2v) is 8.17. The Hall–Kier alpha value is -2.31. The molecule has 0 saturated carbocycles. The number of hydrogen-bond donors (Lipinski definition) is 1. The van der Waals surface area contributed by atoms with Gasteiger partial charge in [0.15, 0.2) is 0 Å². The number of nitrogens with one attached hydrogen (secondary N) is 1. The molecule has 1 N–H and O–H groups in total. The number of ether oxygens (including phenoxy) is 1. The van der Waals surface area contributed by atoms with E-state index in [1.807, 2.05) is 31.2 Å². The van der Waals surface area contributed by atoms with Crippen molar-refractivity contribution in [3.63, 3.8) is 0 Å². The van der Waals surface area contributed by atoms with Gasteiger partial charge in [0.05, 0.1) is 18.0 Å². The molecule has 0 saturated heterocycles. The lowest BCUT2D eigenvalue weighted by Gasteiger charge is -2.32. The topological polar surface area (TPSA) is 62.4 Å². The average molecular weight is 356 g/mol. The fourth-order valence-corrected chi connectivity index (χ4v) is 5.25. The highest BCUT2D eigenvalue weighted by Crippen LogP contribution is 2.37. The van der Waals surface area contributed by atoms with Gasteiger partial charge in [0.2, 0.25) is 10.0 Å². The molecular weight excluding hydrogens is 336 g/mol. The summed E-state index contributed by atoms with van der Waals surface area (Å²) >= 11 is 0. The molecule has 0 fully saturated rings. The summed E-state index contributed by atoms with van der Waals surface area (Å²) in [6.07, 6.45) is 0.693. The molecule has 1 aromatic heterocycles. The van der Waals surface area contributed by atoms with E-state index in [9.17, 15) is 8.42 Å². The monoisotopic (exact) mass is 356 g/mol. The van der Waals surface area contributed by atoms with Gasteiger partial charge in [0, 0.05) is 29.2 Å². The van der Waals surface area contributed by atoms with Gasteiger partial charge in [-0.05, 0) is 43.2 Å². The van der Waals surface area contributed by atoms with Crippen LogP contribution in [0.4, 0.5) is 0 Å². The summed E-state index contributed by atoms with van der Waals surface area (Å²) < 4.78 is 32.9. The number of aromatic nitrogens is 1. The van der Waals surface area contributed by atoms with Crippen molar-refractivity contribution < 1.29 is 13.2 Å². The van der Waals surface area contributed by atoms with Gasteiger partial charge in [-0.25, -0.2) is 8.42 Å². The van der Waals surface area contributed by atoms with Crippen LogP contribution in [-0.4, -0.2) is 31.4 Å². The van der Waals surface area contributed by atoms with E-state index >= 15 is 0 Å². The number of fused-ring (bicyclic) bond motifs is 3. The van der Waals surface area contributed by atoms with Crippen molar-refractivity contribution in [1.82, 2.24) is 9.29 Å². The molecule has 4 rings (SSSR count). The molecule has 0 spiro atoms. The molecule has 5 nitrogen and oxygen atoms in total. The molecule has 1 atom stereocenters. The molecule has 0 bridgehead atoms. The third kappa shape index (κ3) is 2.53. The Morgan fingerprint density at radius 2 is 1.92 bits per heavy atom. The van der Waals surface area contributed by atoms with Gasteiger partial charge in [-0.2, -0.15) is 4.31 Å².